The van der Waals surface area contributed by atoms with Crippen molar-refractivity contribution >= 4 is 0 Å². The van der Waals surface area contributed by atoms with Crippen LogP contribution in [0.25, 0.3) is 0 Å². The van der Waals surface area contributed by atoms with E-state index in [0.717, 1.165) is 24.7 Å². The van der Waals surface area contributed by atoms with Crippen LogP contribution in [0.3, 0.4) is 0 Å². The van der Waals surface area contributed by atoms with E-state index in [1.165, 1.54) is 51.6 Å². The largest absolute Gasteiger partial charge is 0.378 e. The van der Waals surface area contributed by atoms with E-state index in [2.05, 4.69) is 17.1 Å². The van der Waals surface area contributed by atoms with Crippen LogP contribution in [0.5, 0.6) is 0 Å². The molecule has 3 heterocycles. The van der Waals surface area contributed by atoms with Gasteiger partial charge in [0.2, 0.25) is 0 Å². The molecule has 98 valence electrons. The number of hydrogen-bond donors (Lipinski definition) is 1. The molecular weight excluding hydrogens is 212 g/mol. The summed E-state index contributed by atoms with van der Waals surface area (Å²) in [5.41, 5.74) is 0. The third-order valence-electron chi connectivity index (χ3n) is 4.83. The number of nitrogens with zero attached hydrogens (tertiary/aromatic N) is 1. The van der Waals surface area contributed by atoms with Gasteiger partial charge in [0.1, 0.15) is 0 Å². The highest BCUT2D eigenvalue weighted by atomic mass is 16.5. The lowest BCUT2D eigenvalue weighted by molar-refractivity contribution is -0.0230. The van der Waals surface area contributed by atoms with Gasteiger partial charge in [0.15, 0.2) is 0 Å². The van der Waals surface area contributed by atoms with Crippen LogP contribution < -0.4 is 5.32 Å². The summed E-state index contributed by atoms with van der Waals surface area (Å²) in [7, 11) is 0. The molecule has 17 heavy (non-hydrogen) atoms. The number of rotatable bonds is 2. The molecule has 0 aromatic heterocycles. The molecule has 3 aliphatic heterocycles. The van der Waals surface area contributed by atoms with Crippen molar-refractivity contribution in [2.45, 2.75) is 69.7 Å². The van der Waals surface area contributed by atoms with Crippen LogP contribution in [0, 0.1) is 0 Å². The van der Waals surface area contributed by atoms with E-state index in [0.29, 0.717) is 6.10 Å². The van der Waals surface area contributed by atoms with Crippen LogP contribution in [0.4, 0.5) is 0 Å². The number of hydrogen-bond acceptors (Lipinski definition) is 3. The highest BCUT2D eigenvalue weighted by Crippen LogP contribution is 2.30. The molecule has 3 aliphatic rings. The summed E-state index contributed by atoms with van der Waals surface area (Å²) in [4.78, 5) is 2.81. The van der Waals surface area contributed by atoms with Gasteiger partial charge in [-0.05, 0) is 58.5 Å². The van der Waals surface area contributed by atoms with E-state index >= 15 is 0 Å². The van der Waals surface area contributed by atoms with Gasteiger partial charge in [-0.1, -0.05) is 0 Å². The Hall–Kier alpha value is -0.120. The molecule has 3 nitrogen and oxygen atoms in total. The lowest BCUT2D eigenvalue weighted by Gasteiger charge is -2.39. The van der Waals surface area contributed by atoms with E-state index < -0.39 is 0 Å². The lowest BCUT2D eigenvalue weighted by atomic mass is 9.98. The van der Waals surface area contributed by atoms with Gasteiger partial charge in [0.05, 0.1) is 6.10 Å². The standard InChI is InChI=1S/C14H26N2O/c1-11-10-12(6-9-17-11)16-8-3-5-14(16)13-4-2-7-15-13/h11-15H,2-10H2,1H3. The van der Waals surface area contributed by atoms with E-state index in [1.54, 1.807) is 0 Å². The molecule has 0 aliphatic carbocycles. The average molecular weight is 238 g/mol. The molecule has 0 bridgehead atoms. The third kappa shape index (κ3) is 2.51. The first-order valence-electron chi connectivity index (χ1n) is 7.45. The van der Waals surface area contributed by atoms with Crippen molar-refractivity contribution in [3.8, 4) is 0 Å². The first kappa shape index (κ1) is 11.9. The van der Waals surface area contributed by atoms with Gasteiger partial charge in [-0.2, -0.15) is 0 Å². The molecule has 0 saturated carbocycles. The van der Waals surface area contributed by atoms with Crippen molar-refractivity contribution in [2.75, 3.05) is 19.7 Å². The Morgan fingerprint density at radius 2 is 2.12 bits per heavy atom. The SMILES string of the molecule is CC1CC(N2CCCC2C2CCCN2)CCO1. The quantitative estimate of drug-likeness (QED) is 0.793. The highest BCUT2D eigenvalue weighted by Gasteiger charge is 2.38. The zero-order valence-electron chi connectivity index (χ0n) is 11.0. The number of nitrogens with one attached hydrogen (secondary N) is 1. The monoisotopic (exact) mass is 238 g/mol. The highest BCUT2D eigenvalue weighted by molar-refractivity contribution is 4.95. The van der Waals surface area contributed by atoms with Crippen molar-refractivity contribution in [2.24, 2.45) is 0 Å². The zero-order valence-corrected chi connectivity index (χ0v) is 11.0. The smallest absolute Gasteiger partial charge is 0.0561 e. The van der Waals surface area contributed by atoms with Crippen molar-refractivity contribution in [3.05, 3.63) is 0 Å². The Labute approximate surface area is 105 Å². The molecule has 0 aromatic carbocycles. The minimum atomic E-state index is 0.464. The predicted molar refractivity (Wildman–Crippen MR) is 69.2 cm³/mol. The van der Waals surface area contributed by atoms with Crippen LogP contribution in [-0.4, -0.2) is 48.8 Å². The maximum absolute atomic E-state index is 5.69. The van der Waals surface area contributed by atoms with Gasteiger partial charge in [0, 0.05) is 24.7 Å². The summed E-state index contributed by atoms with van der Waals surface area (Å²) in [6, 6.07) is 2.37. The van der Waals surface area contributed by atoms with Crippen LogP contribution in [0.15, 0.2) is 0 Å². The van der Waals surface area contributed by atoms with Crippen LogP contribution in [-0.2, 0) is 4.74 Å². The minimum Gasteiger partial charge on any atom is -0.378 e. The molecule has 0 amide bonds. The second-order valence-electron chi connectivity index (χ2n) is 6.01. The molecule has 0 spiro atoms. The van der Waals surface area contributed by atoms with Gasteiger partial charge < -0.3 is 10.1 Å². The Kier molecular flexibility index (Phi) is 3.69. The molecule has 4 unspecified atom stereocenters. The maximum Gasteiger partial charge on any atom is 0.0561 e. The molecule has 0 aromatic rings. The fraction of sp³-hybridized carbons (Fsp3) is 1.00. The van der Waals surface area contributed by atoms with E-state index in [4.69, 9.17) is 4.74 Å². The Balaban J connectivity index is 1.64. The predicted octanol–water partition coefficient (Wildman–Crippen LogP) is 1.77. The summed E-state index contributed by atoms with van der Waals surface area (Å²) in [5.74, 6) is 0. The van der Waals surface area contributed by atoms with Crippen molar-refractivity contribution in [3.63, 3.8) is 0 Å². The molecule has 4 atom stereocenters. The van der Waals surface area contributed by atoms with E-state index in [1.807, 2.05) is 0 Å². The van der Waals surface area contributed by atoms with Crippen molar-refractivity contribution < 1.29 is 4.74 Å². The normalized spacial score (nSPS) is 44.3. The fourth-order valence-corrected chi connectivity index (χ4v) is 4.02. The number of likely N-dealkylation sites (tertiary alicyclic amines) is 1. The van der Waals surface area contributed by atoms with Crippen molar-refractivity contribution in [1.82, 2.24) is 10.2 Å². The van der Waals surface area contributed by atoms with E-state index in [9.17, 15) is 0 Å². The molecular formula is C14H26N2O. The molecule has 0 radical (unpaired) electrons. The fourth-order valence-electron chi connectivity index (χ4n) is 4.02. The summed E-state index contributed by atoms with van der Waals surface area (Å²) in [5, 5.41) is 3.71. The zero-order chi connectivity index (χ0) is 11.7. The average Bonchev–Trinajstić information content (AvgIpc) is 3.00. The molecule has 3 rings (SSSR count). The Bertz CT molecular complexity index is 253. The maximum atomic E-state index is 5.69. The van der Waals surface area contributed by atoms with Gasteiger partial charge in [0.25, 0.3) is 0 Å². The first-order chi connectivity index (χ1) is 8.34. The van der Waals surface area contributed by atoms with Crippen LogP contribution in [0.2, 0.25) is 0 Å². The van der Waals surface area contributed by atoms with Crippen LogP contribution >= 0.6 is 0 Å². The van der Waals surface area contributed by atoms with Crippen LogP contribution in [0.1, 0.15) is 45.4 Å². The molecule has 3 fully saturated rings. The van der Waals surface area contributed by atoms with Gasteiger partial charge in [-0.15, -0.1) is 0 Å². The second kappa shape index (κ2) is 5.25. The van der Waals surface area contributed by atoms with Crippen molar-refractivity contribution in [1.29, 1.82) is 0 Å². The van der Waals surface area contributed by atoms with Gasteiger partial charge in [-0.25, -0.2) is 0 Å². The summed E-state index contributed by atoms with van der Waals surface area (Å²) >= 11 is 0. The first-order valence-corrected chi connectivity index (χ1v) is 7.45. The van der Waals surface area contributed by atoms with Gasteiger partial charge in [-0.3, -0.25) is 4.90 Å². The minimum absolute atomic E-state index is 0.464. The lowest BCUT2D eigenvalue weighted by Crippen LogP contribution is -2.50. The molecule has 3 saturated heterocycles. The second-order valence-corrected chi connectivity index (χ2v) is 6.01. The third-order valence-corrected chi connectivity index (χ3v) is 4.83. The molecule has 3 heteroatoms. The summed E-state index contributed by atoms with van der Waals surface area (Å²) < 4.78 is 5.69. The molecule has 1 N–H and O–H groups in total. The summed E-state index contributed by atoms with van der Waals surface area (Å²) in [6.07, 6.45) is 8.51. The van der Waals surface area contributed by atoms with Gasteiger partial charge >= 0.3 is 0 Å². The Morgan fingerprint density at radius 3 is 2.88 bits per heavy atom. The van der Waals surface area contributed by atoms with E-state index in [-0.39, 0.29) is 0 Å². The topological polar surface area (TPSA) is 24.5 Å². The number of ether oxygens (including phenoxy) is 1. The Morgan fingerprint density at radius 1 is 1.18 bits per heavy atom. The summed E-state index contributed by atoms with van der Waals surface area (Å²) in [6.45, 7) is 5.75.